The zero-order valence-corrected chi connectivity index (χ0v) is 15.1. The van der Waals surface area contributed by atoms with Crippen LogP contribution in [0.2, 0.25) is 0 Å². The fourth-order valence-corrected chi connectivity index (χ4v) is 3.28. The van der Waals surface area contributed by atoms with Crippen LogP contribution in [0.1, 0.15) is 18.7 Å². The molecule has 0 aliphatic carbocycles. The van der Waals surface area contributed by atoms with E-state index in [4.69, 9.17) is 0 Å². The maximum absolute atomic E-state index is 12.7. The number of benzene rings is 1. The number of hydrogen-bond acceptors (Lipinski definition) is 6. The SMILES string of the molecule is Cc1nc(-c2cccc(NC(=O)C3CCN(c4cnccn4)CC3)c2)n[nH]1. The first-order chi connectivity index (χ1) is 13.2. The minimum Gasteiger partial charge on any atom is -0.355 e. The van der Waals surface area contributed by atoms with Crippen molar-refractivity contribution in [1.29, 1.82) is 0 Å². The van der Waals surface area contributed by atoms with Crippen molar-refractivity contribution in [2.45, 2.75) is 19.8 Å². The summed E-state index contributed by atoms with van der Waals surface area (Å²) in [5.74, 6) is 2.30. The van der Waals surface area contributed by atoms with E-state index in [2.05, 4.69) is 35.4 Å². The van der Waals surface area contributed by atoms with Gasteiger partial charge in [-0.3, -0.25) is 14.9 Å². The van der Waals surface area contributed by atoms with E-state index in [1.807, 2.05) is 31.2 Å². The van der Waals surface area contributed by atoms with E-state index in [0.29, 0.717) is 5.82 Å². The third kappa shape index (κ3) is 3.94. The van der Waals surface area contributed by atoms with E-state index in [0.717, 1.165) is 48.8 Å². The highest BCUT2D eigenvalue weighted by Crippen LogP contribution is 2.24. The molecule has 1 aromatic carbocycles. The zero-order chi connectivity index (χ0) is 18.6. The van der Waals surface area contributed by atoms with E-state index >= 15 is 0 Å². The summed E-state index contributed by atoms with van der Waals surface area (Å²) in [4.78, 5) is 27.6. The number of amides is 1. The van der Waals surface area contributed by atoms with Crippen LogP contribution in [0.25, 0.3) is 11.4 Å². The van der Waals surface area contributed by atoms with Crippen LogP contribution in [0.15, 0.2) is 42.9 Å². The molecule has 8 heteroatoms. The molecular weight excluding hydrogens is 342 g/mol. The lowest BCUT2D eigenvalue weighted by molar-refractivity contribution is -0.120. The molecule has 3 aromatic rings. The summed E-state index contributed by atoms with van der Waals surface area (Å²) < 4.78 is 0. The molecule has 3 heterocycles. The molecule has 1 saturated heterocycles. The molecule has 0 unspecified atom stereocenters. The summed E-state index contributed by atoms with van der Waals surface area (Å²) in [6.45, 7) is 3.45. The number of carbonyl (C=O) groups is 1. The fraction of sp³-hybridized carbons (Fsp3) is 0.316. The van der Waals surface area contributed by atoms with Crippen LogP contribution in [0.3, 0.4) is 0 Å². The molecule has 0 radical (unpaired) electrons. The number of nitrogens with zero attached hydrogens (tertiary/aromatic N) is 5. The Morgan fingerprint density at radius 3 is 2.81 bits per heavy atom. The monoisotopic (exact) mass is 363 g/mol. The lowest BCUT2D eigenvalue weighted by Crippen LogP contribution is -2.38. The number of rotatable bonds is 4. The van der Waals surface area contributed by atoms with Crippen LogP contribution in [0.5, 0.6) is 0 Å². The van der Waals surface area contributed by atoms with Gasteiger partial charge in [-0.1, -0.05) is 12.1 Å². The lowest BCUT2D eigenvalue weighted by Gasteiger charge is -2.31. The molecule has 0 bridgehead atoms. The van der Waals surface area contributed by atoms with E-state index in [-0.39, 0.29) is 11.8 Å². The third-order valence-corrected chi connectivity index (χ3v) is 4.72. The minimum absolute atomic E-state index is 0.00710. The molecule has 4 rings (SSSR count). The molecule has 1 fully saturated rings. The maximum Gasteiger partial charge on any atom is 0.227 e. The largest absolute Gasteiger partial charge is 0.355 e. The third-order valence-electron chi connectivity index (χ3n) is 4.72. The Hall–Kier alpha value is -3.29. The summed E-state index contributed by atoms with van der Waals surface area (Å²) >= 11 is 0. The molecule has 2 aromatic heterocycles. The van der Waals surface area contributed by atoms with Crippen LogP contribution in [-0.2, 0) is 4.79 Å². The summed E-state index contributed by atoms with van der Waals surface area (Å²) in [6, 6.07) is 7.61. The van der Waals surface area contributed by atoms with Crippen LogP contribution < -0.4 is 10.2 Å². The van der Waals surface area contributed by atoms with Gasteiger partial charge < -0.3 is 10.2 Å². The Morgan fingerprint density at radius 2 is 2.11 bits per heavy atom. The van der Waals surface area contributed by atoms with Crippen molar-refractivity contribution < 1.29 is 4.79 Å². The smallest absolute Gasteiger partial charge is 0.227 e. The van der Waals surface area contributed by atoms with Crippen molar-refractivity contribution in [3.8, 4) is 11.4 Å². The van der Waals surface area contributed by atoms with Gasteiger partial charge in [0.25, 0.3) is 0 Å². The molecule has 1 amide bonds. The summed E-state index contributed by atoms with van der Waals surface area (Å²) in [7, 11) is 0. The Kier molecular flexibility index (Phi) is 4.78. The van der Waals surface area contributed by atoms with Gasteiger partial charge in [-0.2, -0.15) is 5.10 Å². The molecule has 138 valence electrons. The molecule has 1 aliphatic heterocycles. The second-order valence-corrected chi connectivity index (χ2v) is 6.64. The van der Waals surface area contributed by atoms with E-state index < -0.39 is 0 Å². The van der Waals surface area contributed by atoms with Crippen molar-refractivity contribution in [3.05, 3.63) is 48.7 Å². The van der Waals surface area contributed by atoms with Crippen molar-refractivity contribution in [2.24, 2.45) is 5.92 Å². The van der Waals surface area contributed by atoms with Crippen LogP contribution >= 0.6 is 0 Å². The Morgan fingerprint density at radius 1 is 1.26 bits per heavy atom. The number of hydrogen-bond donors (Lipinski definition) is 2. The highest BCUT2D eigenvalue weighted by Gasteiger charge is 2.25. The van der Waals surface area contributed by atoms with Crippen molar-refractivity contribution in [1.82, 2.24) is 25.1 Å². The predicted octanol–water partition coefficient (Wildman–Crippen LogP) is 2.43. The van der Waals surface area contributed by atoms with Crippen LogP contribution in [0, 0.1) is 12.8 Å². The number of aromatic amines is 1. The molecule has 27 heavy (non-hydrogen) atoms. The normalized spacial score (nSPS) is 14.9. The van der Waals surface area contributed by atoms with Gasteiger partial charge >= 0.3 is 0 Å². The van der Waals surface area contributed by atoms with Gasteiger partial charge in [0, 0.05) is 42.7 Å². The number of nitrogens with one attached hydrogen (secondary N) is 2. The molecule has 2 N–H and O–H groups in total. The Bertz CT molecular complexity index is 917. The minimum atomic E-state index is -0.00710. The highest BCUT2D eigenvalue weighted by atomic mass is 16.1. The number of carbonyl (C=O) groups excluding carboxylic acids is 1. The van der Waals surface area contributed by atoms with Crippen molar-refractivity contribution in [2.75, 3.05) is 23.3 Å². The van der Waals surface area contributed by atoms with Gasteiger partial charge in [-0.25, -0.2) is 9.97 Å². The highest BCUT2D eigenvalue weighted by molar-refractivity contribution is 5.93. The molecule has 0 spiro atoms. The molecule has 0 saturated carbocycles. The second-order valence-electron chi connectivity index (χ2n) is 6.64. The standard InChI is InChI=1S/C19H21N7O/c1-13-22-18(25-24-13)15-3-2-4-16(11-15)23-19(27)14-5-9-26(10-6-14)17-12-20-7-8-21-17/h2-4,7-8,11-12,14H,5-6,9-10H2,1H3,(H,23,27)(H,22,24,25). The topological polar surface area (TPSA) is 99.7 Å². The molecule has 8 nitrogen and oxygen atoms in total. The summed E-state index contributed by atoms with van der Waals surface area (Å²) in [5.41, 5.74) is 1.63. The van der Waals surface area contributed by atoms with E-state index in [1.165, 1.54) is 0 Å². The number of aromatic nitrogens is 5. The summed E-state index contributed by atoms with van der Waals surface area (Å²) in [6.07, 6.45) is 6.70. The Balaban J connectivity index is 1.37. The second kappa shape index (κ2) is 7.53. The fourth-order valence-electron chi connectivity index (χ4n) is 3.28. The van der Waals surface area contributed by atoms with E-state index in [1.54, 1.807) is 18.6 Å². The Labute approximate surface area is 157 Å². The molecule has 1 aliphatic rings. The molecule has 0 atom stereocenters. The van der Waals surface area contributed by atoms with Crippen molar-refractivity contribution in [3.63, 3.8) is 0 Å². The first-order valence-corrected chi connectivity index (χ1v) is 9.00. The number of aryl methyl sites for hydroxylation is 1. The first kappa shape index (κ1) is 17.1. The predicted molar refractivity (Wildman–Crippen MR) is 102 cm³/mol. The van der Waals surface area contributed by atoms with Crippen LogP contribution in [0.4, 0.5) is 11.5 Å². The molecular formula is C19H21N7O. The van der Waals surface area contributed by atoms with Gasteiger partial charge in [-0.15, -0.1) is 0 Å². The van der Waals surface area contributed by atoms with Gasteiger partial charge in [-0.05, 0) is 31.9 Å². The van der Waals surface area contributed by atoms with E-state index in [9.17, 15) is 4.79 Å². The zero-order valence-electron chi connectivity index (χ0n) is 15.1. The van der Waals surface area contributed by atoms with Gasteiger partial charge in [0.1, 0.15) is 11.6 Å². The van der Waals surface area contributed by atoms with Gasteiger partial charge in [0.05, 0.1) is 6.20 Å². The maximum atomic E-state index is 12.7. The lowest BCUT2D eigenvalue weighted by atomic mass is 9.96. The van der Waals surface area contributed by atoms with Gasteiger partial charge in [0.2, 0.25) is 5.91 Å². The average molecular weight is 363 g/mol. The van der Waals surface area contributed by atoms with Crippen LogP contribution in [-0.4, -0.2) is 44.1 Å². The average Bonchev–Trinajstić information content (AvgIpc) is 3.15. The number of H-pyrrole nitrogens is 1. The number of piperidine rings is 1. The van der Waals surface area contributed by atoms with Crippen molar-refractivity contribution >= 4 is 17.4 Å². The summed E-state index contributed by atoms with van der Waals surface area (Å²) in [5, 5.41) is 10.0. The van der Waals surface area contributed by atoms with Gasteiger partial charge in [0.15, 0.2) is 5.82 Å². The number of anilines is 2. The first-order valence-electron chi connectivity index (χ1n) is 9.00. The quantitative estimate of drug-likeness (QED) is 0.738.